The Bertz CT molecular complexity index is 1010. The quantitative estimate of drug-likeness (QED) is 0.288. The topological polar surface area (TPSA) is 63.0 Å². The van der Waals surface area contributed by atoms with Gasteiger partial charge in [0.2, 0.25) is 0 Å². The van der Waals surface area contributed by atoms with Crippen LogP contribution in [0.4, 0.5) is 5.69 Å². The molecule has 1 aliphatic carbocycles. The standard InChI is InChI=1S/C19H14N2O.CH3Cl/c20-13-6-8-15-17(10-13)22-18-11-14(21)7-9-16(18)19(15)12-4-2-1-3-5-12;1-2/h1-11,20H,21H2;1H3. The Morgan fingerprint density at radius 2 is 1.67 bits per heavy atom. The molecule has 4 rings (SSSR count). The number of anilines is 1. The van der Waals surface area contributed by atoms with E-state index in [0.29, 0.717) is 16.8 Å². The Morgan fingerprint density at radius 3 is 2.42 bits per heavy atom. The van der Waals surface area contributed by atoms with E-state index in [1.807, 2.05) is 42.5 Å². The summed E-state index contributed by atoms with van der Waals surface area (Å²) < 4.78 is 5.97. The normalized spacial score (nSPS) is 10.4. The Hall–Kier alpha value is -2.78. The first kappa shape index (κ1) is 16.1. The number of benzene rings is 3. The molecule has 3 nitrogen and oxygen atoms in total. The first-order valence-electron chi connectivity index (χ1n) is 7.46. The molecule has 0 bridgehead atoms. The largest absolute Gasteiger partial charge is 0.456 e. The fraction of sp³-hybridized carbons (Fsp3) is 0.0500. The zero-order valence-corrected chi connectivity index (χ0v) is 14.0. The molecule has 2 aliphatic rings. The lowest BCUT2D eigenvalue weighted by molar-refractivity contribution is 0.619. The molecule has 120 valence electrons. The summed E-state index contributed by atoms with van der Waals surface area (Å²) in [4.78, 5) is 0. The third kappa shape index (κ3) is 2.86. The predicted octanol–water partition coefficient (Wildman–Crippen LogP) is 5.12. The fourth-order valence-electron chi connectivity index (χ4n) is 2.82. The highest BCUT2D eigenvalue weighted by molar-refractivity contribution is 6.15. The van der Waals surface area contributed by atoms with Gasteiger partial charge < -0.3 is 15.6 Å². The van der Waals surface area contributed by atoms with Crippen molar-refractivity contribution in [1.29, 1.82) is 5.41 Å². The maximum atomic E-state index is 7.82. The second kappa shape index (κ2) is 6.77. The van der Waals surface area contributed by atoms with Crippen molar-refractivity contribution in [1.82, 2.24) is 0 Å². The van der Waals surface area contributed by atoms with Gasteiger partial charge in [-0.2, -0.15) is 0 Å². The lowest BCUT2D eigenvalue weighted by Gasteiger charge is -2.15. The summed E-state index contributed by atoms with van der Waals surface area (Å²) in [5, 5.41) is 9.27. The van der Waals surface area contributed by atoms with E-state index in [-0.39, 0.29) is 0 Å². The van der Waals surface area contributed by atoms with Gasteiger partial charge in [0.15, 0.2) is 0 Å². The van der Waals surface area contributed by atoms with Crippen LogP contribution >= 0.6 is 11.6 Å². The molecule has 2 aromatic rings. The van der Waals surface area contributed by atoms with Crippen LogP contribution in [0.25, 0.3) is 33.4 Å². The average Bonchev–Trinajstić information content (AvgIpc) is 2.62. The molecule has 0 spiro atoms. The van der Waals surface area contributed by atoms with Gasteiger partial charge in [-0.15, -0.1) is 11.6 Å². The van der Waals surface area contributed by atoms with E-state index in [4.69, 9.17) is 15.6 Å². The van der Waals surface area contributed by atoms with Crippen LogP contribution in [0.2, 0.25) is 0 Å². The van der Waals surface area contributed by atoms with E-state index in [2.05, 4.69) is 23.7 Å². The highest BCUT2D eigenvalue weighted by Crippen LogP contribution is 2.39. The van der Waals surface area contributed by atoms with Crippen molar-refractivity contribution in [2.45, 2.75) is 0 Å². The third-order valence-corrected chi connectivity index (χ3v) is 3.81. The van der Waals surface area contributed by atoms with Crippen LogP contribution in [0.1, 0.15) is 0 Å². The Labute approximate surface area is 145 Å². The minimum atomic E-state index is 0.429. The molecule has 0 atom stereocenters. The van der Waals surface area contributed by atoms with Crippen LogP contribution < -0.4 is 11.1 Å². The van der Waals surface area contributed by atoms with Gasteiger partial charge in [0, 0.05) is 40.7 Å². The van der Waals surface area contributed by atoms with Crippen molar-refractivity contribution in [2.75, 3.05) is 12.1 Å². The lowest BCUT2D eigenvalue weighted by Crippen LogP contribution is -2.00. The lowest BCUT2D eigenvalue weighted by atomic mass is 9.94. The third-order valence-electron chi connectivity index (χ3n) is 3.81. The second-order valence-corrected chi connectivity index (χ2v) is 5.31. The number of nitrogens with one attached hydrogen (secondary N) is 1. The van der Waals surface area contributed by atoms with Gasteiger partial charge in [-0.1, -0.05) is 30.3 Å². The van der Waals surface area contributed by atoms with E-state index < -0.39 is 0 Å². The first-order valence-corrected chi connectivity index (χ1v) is 8.22. The number of rotatable bonds is 1. The zero-order chi connectivity index (χ0) is 17.1. The van der Waals surface area contributed by atoms with Gasteiger partial charge in [-0.3, -0.25) is 0 Å². The molecular formula is C20H17ClN2O. The predicted molar refractivity (Wildman–Crippen MR) is 100 cm³/mol. The molecule has 4 heteroatoms. The van der Waals surface area contributed by atoms with Crippen LogP contribution in [0.5, 0.6) is 0 Å². The van der Waals surface area contributed by atoms with E-state index in [1.54, 1.807) is 12.1 Å². The maximum absolute atomic E-state index is 7.82. The fourth-order valence-corrected chi connectivity index (χ4v) is 2.82. The molecule has 2 aromatic carbocycles. The van der Waals surface area contributed by atoms with Gasteiger partial charge >= 0.3 is 0 Å². The number of hydrogen-bond donors (Lipinski definition) is 2. The second-order valence-electron chi connectivity index (χ2n) is 5.31. The van der Waals surface area contributed by atoms with Crippen LogP contribution in [0.3, 0.4) is 0 Å². The molecule has 3 N–H and O–H groups in total. The number of nitrogen functional groups attached to an aromatic ring is 1. The van der Waals surface area contributed by atoms with Crippen molar-refractivity contribution in [3.05, 3.63) is 72.1 Å². The Morgan fingerprint density at radius 1 is 0.917 bits per heavy atom. The first-order chi connectivity index (χ1) is 11.7. The zero-order valence-electron chi connectivity index (χ0n) is 13.2. The minimum Gasteiger partial charge on any atom is -0.456 e. The van der Waals surface area contributed by atoms with E-state index in [9.17, 15) is 0 Å². The minimum absolute atomic E-state index is 0.429. The van der Waals surface area contributed by atoms with Gasteiger partial charge in [-0.05, 0) is 29.8 Å². The summed E-state index contributed by atoms with van der Waals surface area (Å²) in [7, 11) is 0. The summed E-state index contributed by atoms with van der Waals surface area (Å²) >= 11 is 4.64. The molecule has 0 aromatic heterocycles. The highest BCUT2D eigenvalue weighted by Gasteiger charge is 2.16. The molecule has 0 amide bonds. The molecule has 1 heterocycles. The van der Waals surface area contributed by atoms with Gasteiger partial charge in [0.25, 0.3) is 0 Å². The smallest absolute Gasteiger partial charge is 0.137 e. The molecule has 24 heavy (non-hydrogen) atoms. The van der Waals surface area contributed by atoms with Gasteiger partial charge in [-0.25, -0.2) is 0 Å². The molecular weight excluding hydrogens is 320 g/mol. The average molecular weight is 337 g/mol. The van der Waals surface area contributed by atoms with Gasteiger partial charge in [0.05, 0.1) is 5.36 Å². The van der Waals surface area contributed by atoms with Crippen molar-refractivity contribution >= 4 is 28.3 Å². The number of fused-ring (bicyclic) bond motifs is 2. The van der Waals surface area contributed by atoms with Crippen LogP contribution in [-0.2, 0) is 0 Å². The summed E-state index contributed by atoms with van der Waals surface area (Å²) in [6, 6.07) is 21.4. The van der Waals surface area contributed by atoms with Crippen LogP contribution in [-0.4, -0.2) is 6.38 Å². The summed E-state index contributed by atoms with van der Waals surface area (Å²) in [6.07, 6.45) is 1.47. The van der Waals surface area contributed by atoms with Crippen molar-refractivity contribution in [3.63, 3.8) is 0 Å². The Kier molecular flexibility index (Phi) is 4.54. The maximum Gasteiger partial charge on any atom is 0.137 e. The number of halogens is 1. The molecule has 0 radical (unpaired) electrons. The van der Waals surface area contributed by atoms with Crippen molar-refractivity contribution in [2.24, 2.45) is 0 Å². The van der Waals surface area contributed by atoms with Crippen molar-refractivity contribution < 1.29 is 4.42 Å². The highest BCUT2D eigenvalue weighted by atomic mass is 35.5. The molecule has 1 aliphatic heterocycles. The van der Waals surface area contributed by atoms with Crippen LogP contribution in [0, 0.1) is 5.41 Å². The summed E-state index contributed by atoms with van der Waals surface area (Å²) in [5.41, 5.74) is 10.5. The van der Waals surface area contributed by atoms with Gasteiger partial charge in [0.1, 0.15) is 11.3 Å². The summed E-state index contributed by atoms with van der Waals surface area (Å²) in [6.45, 7) is 0. The molecule has 0 saturated heterocycles. The molecule has 0 unspecified atom stereocenters. The monoisotopic (exact) mass is 336 g/mol. The number of nitrogens with two attached hydrogens (primary N) is 1. The molecule has 0 fully saturated rings. The summed E-state index contributed by atoms with van der Waals surface area (Å²) in [5.74, 6) is 0.699. The Balaban J connectivity index is 0.000000815. The number of hydrogen-bond acceptors (Lipinski definition) is 3. The number of alkyl halides is 1. The van der Waals surface area contributed by atoms with Crippen LogP contribution in [0.15, 0.2) is 71.1 Å². The van der Waals surface area contributed by atoms with E-state index >= 15 is 0 Å². The van der Waals surface area contributed by atoms with E-state index in [1.165, 1.54) is 6.38 Å². The van der Waals surface area contributed by atoms with Crippen molar-refractivity contribution in [3.8, 4) is 22.5 Å². The van der Waals surface area contributed by atoms with E-state index in [0.717, 1.165) is 27.7 Å². The molecule has 0 saturated carbocycles. The SMILES string of the molecule is CCl.N=c1ccc2c(-c3ccccc3)c3ccc(N)cc3oc-2c1.